The topological polar surface area (TPSA) is 68.0 Å². The quantitative estimate of drug-likeness (QED) is 0.802. The third-order valence-corrected chi connectivity index (χ3v) is 3.69. The van der Waals surface area contributed by atoms with Gasteiger partial charge in [0.25, 0.3) is 0 Å². The Bertz CT molecular complexity index is 733. The van der Waals surface area contributed by atoms with Crippen LogP contribution in [0.2, 0.25) is 0 Å². The molecule has 0 saturated heterocycles. The number of aromatic nitrogens is 2. The van der Waals surface area contributed by atoms with E-state index in [1.807, 2.05) is 31.2 Å². The summed E-state index contributed by atoms with van der Waals surface area (Å²) in [5.41, 5.74) is 1.82. The first-order valence-corrected chi connectivity index (χ1v) is 7.23. The van der Waals surface area contributed by atoms with Crippen LogP contribution in [-0.2, 0) is 11.2 Å². The minimum absolute atomic E-state index is 0.0757. The lowest BCUT2D eigenvalue weighted by Crippen LogP contribution is -2.14. The van der Waals surface area contributed by atoms with Crippen molar-refractivity contribution in [1.82, 2.24) is 9.97 Å². The number of carbonyl (C=O) groups is 1. The number of benzene rings is 1. The molecular weight excluding hydrogens is 286 g/mol. The van der Waals surface area contributed by atoms with Crippen molar-refractivity contribution >= 4 is 22.4 Å². The van der Waals surface area contributed by atoms with Gasteiger partial charge in [-0.05, 0) is 24.6 Å². The molecule has 2 aromatic heterocycles. The number of amides is 1. The van der Waals surface area contributed by atoms with Crippen molar-refractivity contribution in [3.63, 3.8) is 0 Å². The fourth-order valence-electron chi connectivity index (χ4n) is 1.89. The van der Waals surface area contributed by atoms with Gasteiger partial charge in [-0.3, -0.25) is 4.79 Å². The van der Waals surface area contributed by atoms with Crippen molar-refractivity contribution < 1.29 is 9.21 Å². The first-order chi connectivity index (χ1) is 10.2. The molecule has 0 aliphatic carbocycles. The van der Waals surface area contributed by atoms with Crippen LogP contribution in [0.1, 0.15) is 10.4 Å². The molecule has 0 aliphatic heterocycles. The van der Waals surface area contributed by atoms with Crippen molar-refractivity contribution in [1.29, 1.82) is 0 Å². The second kappa shape index (κ2) is 5.88. The van der Waals surface area contributed by atoms with Crippen LogP contribution in [0.5, 0.6) is 0 Å². The van der Waals surface area contributed by atoms with Crippen molar-refractivity contribution in [3.05, 3.63) is 53.4 Å². The molecule has 2 heterocycles. The maximum atomic E-state index is 11.9. The Morgan fingerprint density at radius 2 is 2.10 bits per heavy atom. The largest absolute Gasteiger partial charge is 0.445 e. The molecule has 106 valence electrons. The number of nitrogens with zero attached hydrogens (tertiary/aromatic N) is 2. The van der Waals surface area contributed by atoms with Gasteiger partial charge in [0, 0.05) is 16.6 Å². The molecule has 3 rings (SSSR count). The first kappa shape index (κ1) is 13.5. The summed E-state index contributed by atoms with van der Waals surface area (Å²) in [4.78, 5) is 21.2. The number of anilines is 1. The maximum absolute atomic E-state index is 11.9. The molecule has 0 fully saturated rings. The lowest BCUT2D eigenvalue weighted by molar-refractivity contribution is -0.115. The lowest BCUT2D eigenvalue weighted by Gasteiger charge is -2.03. The average molecular weight is 299 g/mol. The van der Waals surface area contributed by atoms with Gasteiger partial charge in [-0.2, -0.15) is 0 Å². The van der Waals surface area contributed by atoms with E-state index < -0.39 is 0 Å². The van der Waals surface area contributed by atoms with Crippen LogP contribution in [0.25, 0.3) is 11.5 Å². The zero-order chi connectivity index (χ0) is 14.7. The number of rotatable bonds is 4. The summed E-state index contributed by atoms with van der Waals surface area (Å²) >= 11 is 1.46. The molecule has 6 heteroatoms. The van der Waals surface area contributed by atoms with Crippen molar-refractivity contribution in [2.45, 2.75) is 13.3 Å². The van der Waals surface area contributed by atoms with E-state index in [0.29, 0.717) is 17.4 Å². The molecule has 1 amide bonds. The van der Waals surface area contributed by atoms with Gasteiger partial charge in [0.1, 0.15) is 6.26 Å². The summed E-state index contributed by atoms with van der Waals surface area (Å²) in [7, 11) is 0. The molecular formula is C15H13N3O2S. The molecule has 0 unspecified atom stereocenters. The van der Waals surface area contributed by atoms with Crippen LogP contribution in [0, 0.1) is 6.92 Å². The summed E-state index contributed by atoms with van der Waals surface area (Å²) < 4.78 is 5.22. The van der Waals surface area contributed by atoms with Crippen LogP contribution in [-0.4, -0.2) is 15.9 Å². The van der Waals surface area contributed by atoms with E-state index in [9.17, 15) is 4.79 Å². The van der Waals surface area contributed by atoms with Gasteiger partial charge in [-0.1, -0.05) is 12.1 Å². The number of nitrogens with one attached hydrogen (secondary N) is 1. The van der Waals surface area contributed by atoms with Gasteiger partial charge in [0.15, 0.2) is 5.13 Å². The second-order valence-electron chi connectivity index (χ2n) is 4.54. The molecule has 1 aromatic carbocycles. The van der Waals surface area contributed by atoms with Crippen LogP contribution in [0.15, 0.2) is 47.3 Å². The fourth-order valence-corrected chi connectivity index (χ4v) is 2.57. The number of carbonyl (C=O) groups excluding carboxylic acids is 1. The third-order valence-electron chi connectivity index (χ3n) is 2.87. The molecule has 0 atom stereocenters. The van der Waals surface area contributed by atoms with Gasteiger partial charge in [0.05, 0.1) is 12.6 Å². The normalized spacial score (nSPS) is 10.5. The van der Waals surface area contributed by atoms with Crippen LogP contribution in [0.3, 0.4) is 0 Å². The SMILES string of the molecule is Cc1cnc(NC(=O)Cc2ccc(-c3ncco3)cc2)s1. The minimum Gasteiger partial charge on any atom is -0.445 e. The van der Waals surface area contributed by atoms with Gasteiger partial charge in [-0.15, -0.1) is 11.3 Å². The van der Waals surface area contributed by atoms with Crippen molar-refractivity contribution in [3.8, 4) is 11.5 Å². The molecule has 21 heavy (non-hydrogen) atoms. The summed E-state index contributed by atoms with van der Waals surface area (Å²) in [6.45, 7) is 1.95. The van der Waals surface area contributed by atoms with Gasteiger partial charge < -0.3 is 9.73 Å². The molecule has 0 saturated carbocycles. The Labute approximate surface area is 125 Å². The Morgan fingerprint density at radius 3 is 2.71 bits per heavy atom. The van der Waals surface area contributed by atoms with E-state index in [4.69, 9.17) is 4.42 Å². The molecule has 0 aliphatic rings. The molecule has 1 N–H and O–H groups in total. The molecule has 5 nitrogen and oxygen atoms in total. The lowest BCUT2D eigenvalue weighted by atomic mass is 10.1. The predicted octanol–water partition coefficient (Wildman–Crippen LogP) is 3.29. The average Bonchev–Trinajstić information content (AvgIpc) is 3.11. The van der Waals surface area contributed by atoms with Gasteiger partial charge in [-0.25, -0.2) is 9.97 Å². The maximum Gasteiger partial charge on any atom is 0.230 e. The Hall–Kier alpha value is -2.47. The highest BCUT2D eigenvalue weighted by atomic mass is 32.1. The van der Waals surface area contributed by atoms with Gasteiger partial charge >= 0.3 is 0 Å². The second-order valence-corrected chi connectivity index (χ2v) is 5.77. The Balaban J connectivity index is 1.63. The zero-order valence-electron chi connectivity index (χ0n) is 11.4. The fraction of sp³-hybridized carbons (Fsp3) is 0.133. The van der Waals surface area contributed by atoms with Crippen molar-refractivity contribution in [2.75, 3.05) is 5.32 Å². The number of aryl methyl sites for hydroxylation is 1. The number of thiazole rings is 1. The summed E-state index contributed by atoms with van der Waals surface area (Å²) in [5, 5.41) is 3.42. The van der Waals surface area contributed by atoms with E-state index in [1.165, 1.54) is 17.6 Å². The van der Waals surface area contributed by atoms with E-state index in [-0.39, 0.29) is 5.91 Å². The highest BCUT2D eigenvalue weighted by Gasteiger charge is 2.08. The molecule has 0 bridgehead atoms. The molecule has 3 aromatic rings. The summed E-state index contributed by atoms with van der Waals surface area (Å²) in [6.07, 6.45) is 5.19. The zero-order valence-corrected chi connectivity index (χ0v) is 12.2. The Kier molecular flexibility index (Phi) is 3.79. The first-order valence-electron chi connectivity index (χ1n) is 6.42. The monoisotopic (exact) mass is 299 g/mol. The molecule has 0 radical (unpaired) electrons. The number of oxazole rings is 1. The highest BCUT2D eigenvalue weighted by molar-refractivity contribution is 7.15. The van der Waals surface area contributed by atoms with Crippen LogP contribution in [0.4, 0.5) is 5.13 Å². The summed E-state index contributed by atoms with van der Waals surface area (Å²) in [6, 6.07) is 7.57. The van der Waals surface area contributed by atoms with E-state index in [2.05, 4.69) is 15.3 Å². The van der Waals surface area contributed by atoms with Crippen molar-refractivity contribution in [2.24, 2.45) is 0 Å². The highest BCUT2D eigenvalue weighted by Crippen LogP contribution is 2.19. The predicted molar refractivity (Wildman–Crippen MR) is 81.1 cm³/mol. The van der Waals surface area contributed by atoms with Gasteiger partial charge in [0.2, 0.25) is 11.8 Å². The number of hydrogen-bond donors (Lipinski definition) is 1. The van der Waals surface area contributed by atoms with E-state index >= 15 is 0 Å². The summed E-state index contributed by atoms with van der Waals surface area (Å²) in [5.74, 6) is 0.498. The smallest absolute Gasteiger partial charge is 0.230 e. The minimum atomic E-state index is -0.0757. The standard InChI is InChI=1S/C15H13N3O2S/c1-10-9-17-15(21-10)18-13(19)8-11-2-4-12(5-3-11)14-16-6-7-20-14/h2-7,9H,8H2,1H3,(H,17,18,19). The third kappa shape index (κ3) is 3.35. The van der Waals surface area contributed by atoms with E-state index in [0.717, 1.165) is 16.0 Å². The van der Waals surface area contributed by atoms with Crippen LogP contribution < -0.4 is 5.32 Å². The molecule has 0 spiro atoms. The van der Waals surface area contributed by atoms with E-state index in [1.54, 1.807) is 12.4 Å². The Morgan fingerprint density at radius 1 is 1.29 bits per heavy atom. The van der Waals surface area contributed by atoms with Crippen LogP contribution >= 0.6 is 11.3 Å². The number of hydrogen-bond acceptors (Lipinski definition) is 5.